The molecule has 1 aliphatic carbocycles. The molecule has 0 aromatic heterocycles. The SMILES string of the molecule is O=C(CC1CC1)N1CC=C(c2ccc(NC(=O)N3Cc4ccccc4C3)cc2)CC1. The number of hydrogen-bond donors (Lipinski definition) is 1. The average Bonchev–Trinajstić information content (AvgIpc) is 3.48. The van der Waals surface area contributed by atoms with Gasteiger partial charge < -0.3 is 15.1 Å². The van der Waals surface area contributed by atoms with E-state index in [1.807, 2.05) is 34.1 Å². The summed E-state index contributed by atoms with van der Waals surface area (Å²) < 4.78 is 0. The van der Waals surface area contributed by atoms with Crippen molar-refractivity contribution >= 4 is 23.2 Å². The van der Waals surface area contributed by atoms with Crippen LogP contribution >= 0.6 is 0 Å². The number of anilines is 1. The highest BCUT2D eigenvalue weighted by Crippen LogP contribution is 2.33. The van der Waals surface area contributed by atoms with Gasteiger partial charge in [-0.05, 0) is 59.6 Å². The van der Waals surface area contributed by atoms with Crippen LogP contribution in [0.2, 0.25) is 0 Å². The zero-order chi connectivity index (χ0) is 20.5. The molecule has 1 saturated carbocycles. The molecule has 1 N–H and O–H groups in total. The summed E-state index contributed by atoms with van der Waals surface area (Å²) in [5.74, 6) is 0.940. The van der Waals surface area contributed by atoms with Crippen molar-refractivity contribution < 1.29 is 9.59 Å². The van der Waals surface area contributed by atoms with Crippen molar-refractivity contribution in [3.8, 4) is 0 Å². The first-order valence-electron chi connectivity index (χ1n) is 10.9. The summed E-state index contributed by atoms with van der Waals surface area (Å²) in [5, 5.41) is 3.01. The third kappa shape index (κ3) is 4.11. The monoisotopic (exact) mass is 401 g/mol. The van der Waals surface area contributed by atoms with Crippen LogP contribution in [0.5, 0.6) is 0 Å². The zero-order valence-corrected chi connectivity index (χ0v) is 17.1. The molecule has 0 unspecified atom stereocenters. The standard InChI is InChI=1S/C25H27N3O2/c29-24(15-18-5-6-18)27-13-11-20(12-14-27)19-7-9-23(10-8-19)26-25(30)28-16-21-3-1-2-4-22(21)17-28/h1-4,7-11,18H,5-6,12-17H2,(H,26,30). The maximum absolute atomic E-state index is 12.6. The van der Waals surface area contributed by atoms with E-state index in [-0.39, 0.29) is 6.03 Å². The van der Waals surface area contributed by atoms with E-state index >= 15 is 0 Å². The Morgan fingerprint density at radius 1 is 0.933 bits per heavy atom. The van der Waals surface area contributed by atoms with E-state index in [1.54, 1.807) is 0 Å². The molecule has 0 spiro atoms. The Balaban J connectivity index is 1.16. The third-order valence-corrected chi connectivity index (χ3v) is 6.36. The molecule has 0 saturated heterocycles. The summed E-state index contributed by atoms with van der Waals surface area (Å²) >= 11 is 0. The molecule has 5 nitrogen and oxygen atoms in total. The smallest absolute Gasteiger partial charge is 0.322 e. The molecule has 3 amide bonds. The zero-order valence-electron chi connectivity index (χ0n) is 17.1. The number of carbonyl (C=O) groups is 2. The quantitative estimate of drug-likeness (QED) is 0.811. The van der Waals surface area contributed by atoms with Crippen molar-refractivity contribution in [2.24, 2.45) is 5.92 Å². The summed E-state index contributed by atoms with van der Waals surface area (Å²) in [7, 11) is 0. The number of benzene rings is 2. The van der Waals surface area contributed by atoms with Crippen LogP contribution in [-0.4, -0.2) is 34.8 Å². The first-order chi connectivity index (χ1) is 14.7. The Kier molecular flexibility index (Phi) is 5.03. The highest BCUT2D eigenvalue weighted by atomic mass is 16.2. The highest BCUT2D eigenvalue weighted by Gasteiger charge is 2.27. The molecule has 0 atom stereocenters. The van der Waals surface area contributed by atoms with E-state index in [0.29, 0.717) is 31.5 Å². The van der Waals surface area contributed by atoms with E-state index in [4.69, 9.17) is 0 Å². The van der Waals surface area contributed by atoms with Crippen LogP contribution < -0.4 is 5.32 Å². The number of fused-ring (bicyclic) bond motifs is 1. The maximum Gasteiger partial charge on any atom is 0.322 e. The van der Waals surface area contributed by atoms with Gasteiger partial charge in [0.15, 0.2) is 0 Å². The van der Waals surface area contributed by atoms with Crippen LogP contribution in [0.1, 0.15) is 42.4 Å². The molecular weight excluding hydrogens is 374 g/mol. The van der Waals surface area contributed by atoms with E-state index < -0.39 is 0 Å². The summed E-state index contributed by atoms with van der Waals surface area (Å²) in [6.45, 7) is 2.81. The number of nitrogens with one attached hydrogen (secondary N) is 1. The number of urea groups is 1. The Morgan fingerprint density at radius 2 is 1.63 bits per heavy atom. The normalized spacial score (nSPS) is 18.1. The fraction of sp³-hybridized carbons (Fsp3) is 0.360. The maximum atomic E-state index is 12.6. The fourth-order valence-electron chi connectivity index (χ4n) is 4.30. The van der Waals surface area contributed by atoms with Crippen molar-refractivity contribution in [1.82, 2.24) is 9.80 Å². The van der Waals surface area contributed by atoms with Crippen molar-refractivity contribution in [1.29, 1.82) is 0 Å². The number of rotatable bonds is 4. The summed E-state index contributed by atoms with van der Waals surface area (Å²) in [4.78, 5) is 28.7. The molecule has 5 rings (SSSR count). The van der Waals surface area contributed by atoms with Gasteiger partial charge in [-0.25, -0.2) is 4.79 Å². The van der Waals surface area contributed by atoms with Gasteiger partial charge in [-0.3, -0.25) is 4.79 Å². The molecule has 0 radical (unpaired) electrons. The lowest BCUT2D eigenvalue weighted by atomic mass is 9.99. The van der Waals surface area contributed by atoms with Gasteiger partial charge in [0.1, 0.15) is 0 Å². The van der Waals surface area contributed by atoms with Gasteiger partial charge in [0.05, 0.1) is 0 Å². The Hall–Kier alpha value is -3.08. The van der Waals surface area contributed by atoms with E-state index in [0.717, 1.165) is 30.6 Å². The van der Waals surface area contributed by atoms with Gasteiger partial charge in [0.2, 0.25) is 5.91 Å². The van der Waals surface area contributed by atoms with Gasteiger partial charge in [-0.1, -0.05) is 42.5 Å². The topological polar surface area (TPSA) is 52.7 Å². The van der Waals surface area contributed by atoms with E-state index in [9.17, 15) is 9.59 Å². The second-order valence-corrected chi connectivity index (χ2v) is 8.60. The predicted octanol–water partition coefficient (Wildman–Crippen LogP) is 4.65. The van der Waals surface area contributed by atoms with Crippen molar-refractivity contribution in [3.05, 3.63) is 71.3 Å². The van der Waals surface area contributed by atoms with Crippen molar-refractivity contribution in [2.45, 2.75) is 38.8 Å². The van der Waals surface area contributed by atoms with Gasteiger partial charge in [-0.15, -0.1) is 0 Å². The minimum absolute atomic E-state index is 0.0688. The van der Waals surface area contributed by atoms with E-state index in [2.05, 4.69) is 35.7 Å². The van der Waals surface area contributed by atoms with Crippen molar-refractivity contribution in [3.63, 3.8) is 0 Å². The molecule has 0 bridgehead atoms. The van der Waals surface area contributed by atoms with Crippen molar-refractivity contribution in [2.75, 3.05) is 18.4 Å². The Labute approximate surface area is 177 Å². The third-order valence-electron chi connectivity index (χ3n) is 6.36. The van der Waals surface area contributed by atoms with Gasteiger partial charge >= 0.3 is 6.03 Å². The second kappa shape index (κ2) is 7.98. The molecule has 2 heterocycles. The molecule has 154 valence electrons. The van der Waals surface area contributed by atoms with Crippen LogP contribution in [0.25, 0.3) is 5.57 Å². The summed E-state index contributed by atoms with van der Waals surface area (Å²) in [6, 6.07) is 16.2. The molecule has 2 aliphatic heterocycles. The van der Waals surface area contributed by atoms with Crippen LogP contribution in [0.3, 0.4) is 0 Å². The highest BCUT2D eigenvalue weighted by molar-refractivity contribution is 5.90. The Morgan fingerprint density at radius 3 is 2.23 bits per heavy atom. The lowest BCUT2D eigenvalue weighted by Gasteiger charge is -2.27. The molecule has 5 heteroatoms. The van der Waals surface area contributed by atoms with Gasteiger partial charge in [0, 0.05) is 38.3 Å². The number of amides is 3. The second-order valence-electron chi connectivity index (χ2n) is 8.60. The number of carbonyl (C=O) groups excluding carboxylic acids is 2. The number of nitrogens with zero attached hydrogens (tertiary/aromatic N) is 2. The summed E-state index contributed by atoms with van der Waals surface area (Å²) in [6.07, 6.45) is 6.21. The molecule has 30 heavy (non-hydrogen) atoms. The molecule has 2 aromatic carbocycles. The minimum Gasteiger partial charge on any atom is -0.339 e. The van der Waals surface area contributed by atoms with Gasteiger partial charge in [0.25, 0.3) is 0 Å². The van der Waals surface area contributed by atoms with Crippen LogP contribution in [0.4, 0.5) is 10.5 Å². The fourth-order valence-corrected chi connectivity index (χ4v) is 4.30. The molecule has 3 aliphatic rings. The average molecular weight is 402 g/mol. The Bertz CT molecular complexity index is 967. The lowest BCUT2D eigenvalue weighted by molar-refractivity contribution is -0.131. The van der Waals surface area contributed by atoms with Crippen LogP contribution in [0, 0.1) is 5.92 Å². The van der Waals surface area contributed by atoms with Crippen LogP contribution in [0.15, 0.2) is 54.6 Å². The molecule has 1 fully saturated rings. The van der Waals surface area contributed by atoms with Crippen LogP contribution in [-0.2, 0) is 17.9 Å². The molecular formula is C25H27N3O2. The molecule has 2 aromatic rings. The van der Waals surface area contributed by atoms with Gasteiger partial charge in [-0.2, -0.15) is 0 Å². The predicted molar refractivity (Wildman–Crippen MR) is 118 cm³/mol. The largest absolute Gasteiger partial charge is 0.339 e. The van der Waals surface area contributed by atoms with E-state index in [1.165, 1.54) is 29.5 Å². The lowest BCUT2D eigenvalue weighted by Crippen LogP contribution is -2.34. The minimum atomic E-state index is -0.0688. The first-order valence-corrected chi connectivity index (χ1v) is 10.9. The summed E-state index contributed by atoms with van der Waals surface area (Å²) in [5.41, 5.74) is 5.68. The number of hydrogen-bond acceptors (Lipinski definition) is 2. The first kappa shape index (κ1) is 18.9.